The lowest BCUT2D eigenvalue weighted by molar-refractivity contribution is 0.299. The van der Waals surface area contributed by atoms with Crippen molar-refractivity contribution in [3.8, 4) is 11.5 Å². The fourth-order valence-electron chi connectivity index (χ4n) is 1.39. The van der Waals surface area contributed by atoms with Crippen molar-refractivity contribution in [1.29, 1.82) is 0 Å². The van der Waals surface area contributed by atoms with Crippen LogP contribution in [0, 0.1) is 0 Å². The van der Waals surface area contributed by atoms with Crippen LogP contribution in [0.3, 0.4) is 0 Å². The van der Waals surface area contributed by atoms with Crippen LogP contribution in [0.2, 0.25) is 0 Å². The van der Waals surface area contributed by atoms with Crippen molar-refractivity contribution in [3.63, 3.8) is 0 Å². The van der Waals surface area contributed by atoms with Crippen LogP contribution in [0.1, 0.15) is 31.7 Å². The number of phenols is 1. The Kier molecular flexibility index (Phi) is 5.26. The predicted molar refractivity (Wildman–Crippen MR) is 70.5 cm³/mol. The molecular weight excluding hydrogens is 220 g/mol. The lowest BCUT2D eigenvalue weighted by atomic mass is 10.2. The molecule has 0 heterocycles. The molecule has 0 saturated heterocycles. The summed E-state index contributed by atoms with van der Waals surface area (Å²) in [6.45, 7) is 6.47. The maximum Gasteiger partial charge on any atom is 0.133 e. The molecular formula is C13H18O2S. The van der Waals surface area contributed by atoms with Crippen LogP contribution < -0.4 is 4.74 Å². The van der Waals surface area contributed by atoms with E-state index in [1.165, 1.54) is 6.42 Å². The minimum Gasteiger partial charge on any atom is -0.507 e. The van der Waals surface area contributed by atoms with Crippen LogP contribution in [0.15, 0.2) is 23.6 Å². The van der Waals surface area contributed by atoms with Crippen LogP contribution >= 0.6 is 12.6 Å². The summed E-state index contributed by atoms with van der Waals surface area (Å²) in [5.74, 6) is 0.882. The Labute approximate surface area is 102 Å². The fourth-order valence-corrected chi connectivity index (χ4v) is 1.64. The van der Waals surface area contributed by atoms with Crippen molar-refractivity contribution in [2.24, 2.45) is 0 Å². The number of rotatable bonds is 6. The van der Waals surface area contributed by atoms with Gasteiger partial charge in [-0.1, -0.05) is 32.4 Å². The first-order valence-corrected chi connectivity index (χ1v) is 5.95. The van der Waals surface area contributed by atoms with Crippen molar-refractivity contribution in [2.75, 3.05) is 6.61 Å². The monoisotopic (exact) mass is 238 g/mol. The van der Waals surface area contributed by atoms with Crippen molar-refractivity contribution in [2.45, 2.75) is 31.1 Å². The van der Waals surface area contributed by atoms with Gasteiger partial charge in [-0.25, -0.2) is 0 Å². The van der Waals surface area contributed by atoms with Gasteiger partial charge in [0.2, 0.25) is 0 Å². The number of hydrogen-bond acceptors (Lipinski definition) is 3. The third-order valence-electron chi connectivity index (χ3n) is 2.33. The van der Waals surface area contributed by atoms with Crippen LogP contribution in [0.25, 0.3) is 6.08 Å². The zero-order chi connectivity index (χ0) is 12.0. The molecule has 0 unspecified atom stereocenters. The predicted octanol–water partition coefficient (Wildman–Crippen LogP) is 3.89. The first-order chi connectivity index (χ1) is 7.69. The molecule has 3 heteroatoms. The topological polar surface area (TPSA) is 29.5 Å². The molecule has 0 spiro atoms. The van der Waals surface area contributed by atoms with Crippen LogP contribution in [-0.2, 0) is 0 Å². The highest BCUT2D eigenvalue weighted by Crippen LogP contribution is 2.31. The molecule has 1 rings (SSSR count). The largest absolute Gasteiger partial charge is 0.507 e. The van der Waals surface area contributed by atoms with Gasteiger partial charge in [0.05, 0.1) is 6.61 Å². The summed E-state index contributed by atoms with van der Waals surface area (Å²) in [5, 5.41) is 9.55. The smallest absolute Gasteiger partial charge is 0.133 e. The number of thiol groups is 1. The first-order valence-electron chi connectivity index (χ1n) is 5.50. The lowest BCUT2D eigenvalue weighted by Gasteiger charge is -2.10. The quantitative estimate of drug-likeness (QED) is 0.581. The van der Waals surface area contributed by atoms with E-state index >= 15 is 0 Å². The van der Waals surface area contributed by atoms with Gasteiger partial charge in [0.15, 0.2) is 0 Å². The van der Waals surface area contributed by atoms with Crippen molar-refractivity contribution in [3.05, 3.63) is 24.3 Å². The molecule has 1 aromatic rings. The van der Waals surface area contributed by atoms with E-state index in [-0.39, 0.29) is 5.75 Å². The number of hydrogen-bond donors (Lipinski definition) is 2. The van der Waals surface area contributed by atoms with E-state index in [0.29, 0.717) is 22.8 Å². The summed E-state index contributed by atoms with van der Waals surface area (Å²) in [5.41, 5.74) is 0.670. The molecule has 1 N–H and O–H groups in total. The van der Waals surface area contributed by atoms with Gasteiger partial charge in [0.1, 0.15) is 11.5 Å². The van der Waals surface area contributed by atoms with Crippen molar-refractivity contribution >= 4 is 18.7 Å². The Morgan fingerprint density at radius 2 is 2.19 bits per heavy atom. The van der Waals surface area contributed by atoms with E-state index in [4.69, 9.17) is 4.74 Å². The highest BCUT2D eigenvalue weighted by molar-refractivity contribution is 7.80. The maximum atomic E-state index is 9.55. The molecule has 0 bridgehead atoms. The summed E-state index contributed by atoms with van der Waals surface area (Å²) in [6, 6.07) is 3.34. The Bertz CT molecular complexity index is 361. The van der Waals surface area contributed by atoms with Gasteiger partial charge >= 0.3 is 0 Å². The third kappa shape index (κ3) is 3.49. The Hall–Kier alpha value is -1.09. The van der Waals surface area contributed by atoms with E-state index in [1.54, 1.807) is 18.2 Å². The number of aromatic hydroxyl groups is 1. The van der Waals surface area contributed by atoms with Crippen LogP contribution in [0.5, 0.6) is 11.5 Å². The van der Waals surface area contributed by atoms with E-state index in [9.17, 15) is 5.11 Å². The zero-order valence-electron chi connectivity index (χ0n) is 9.57. The lowest BCUT2D eigenvalue weighted by Crippen LogP contribution is -1.98. The van der Waals surface area contributed by atoms with Gasteiger partial charge in [0, 0.05) is 10.5 Å². The molecule has 0 saturated carbocycles. The molecule has 0 amide bonds. The van der Waals surface area contributed by atoms with Crippen molar-refractivity contribution < 1.29 is 9.84 Å². The SMILES string of the molecule is C=Cc1cc(OCCCCC)c(S)cc1O. The Morgan fingerprint density at radius 1 is 1.44 bits per heavy atom. The molecule has 0 atom stereocenters. The number of ether oxygens (including phenoxy) is 1. The number of unbranched alkanes of at least 4 members (excludes halogenated alkanes) is 2. The summed E-state index contributed by atoms with van der Waals surface area (Å²) in [4.78, 5) is 0.652. The number of benzene rings is 1. The highest BCUT2D eigenvalue weighted by Gasteiger charge is 2.05. The Morgan fingerprint density at radius 3 is 2.81 bits per heavy atom. The van der Waals surface area contributed by atoms with Crippen LogP contribution in [-0.4, -0.2) is 11.7 Å². The Balaban J connectivity index is 2.68. The zero-order valence-corrected chi connectivity index (χ0v) is 10.5. The molecule has 0 aliphatic heterocycles. The summed E-state index contributed by atoms with van der Waals surface area (Å²) in [6.07, 6.45) is 4.97. The molecule has 16 heavy (non-hydrogen) atoms. The van der Waals surface area contributed by atoms with Gasteiger partial charge in [-0.15, -0.1) is 12.6 Å². The second kappa shape index (κ2) is 6.48. The van der Waals surface area contributed by atoms with Gasteiger partial charge in [-0.3, -0.25) is 0 Å². The molecule has 0 aliphatic rings. The summed E-state index contributed by atoms with van der Waals surface area (Å²) in [7, 11) is 0. The molecule has 1 aromatic carbocycles. The molecule has 88 valence electrons. The maximum absolute atomic E-state index is 9.55. The van der Waals surface area contributed by atoms with Crippen LogP contribution in [0.4, 0.5) is 0 Å². The summed E-state index contributed by atoms with van der Waals surface area (Å²) >= 11 is 4.26. The van der Waals surface area contributed by atoms with E-state index in [0.717, 1.165) is 12.8 Å². The molecule has 0 fully saturated rings. The van der Waals surface area contributed by atoms with Gasteiger partial charge in [-0.05, 0) is 18.6 Å². The van der Waals surface area contributed by atoms with Gasteiger partial charge in [-0.2, -0.15) is 0 Å². The summed E-state index contributed by atoms with van der Waals surface area (Å²) < 4.78 is 5.60. The molecule has 0 aliphatic carbocycles. The molecule has 0 aromatic heterocycles. The molecule has 0 radical (unpaired) electrons. The van der Waals surface area contributed by atoms with E-state index in [1.807, 2.05) is 0 Å². The number of phenolic OH excluding ortho intramolecular Hbond substituents is 1. The normalized spacial score (nSPS) is 10.1. The minimum absolute atomic E-state index is 0.181. The van der Waals surface area contributed by atoms with Gasteiger partial charge < -0.3 is 9.84 Å². The second-order valence-electron chi connectivity index (χ2n) is 3.64. The fraction of sp³-hybridized carbons (Fsp3) is 0.385. The minimum atomic E-state index is 0.181. The highest BCUT2D eigenvalue weighted by atomic mass is 32.1. The third-order valence-corrected chi connectivity index (χ3v) is 2.68. The van der Waals surface area contributed by atoms with E-state index in [2.05, 4.69) is 26.1 Å². The average molecular weight is 238 g/mol. The van der Waals surface area contributed by atoms with Gasteiger partial charge in [0.25, 0.3) is 0 Å². The average Bonchev–Trinajstić information content (AvgIpc) is 2.27. The first kappa shape index (κ1) is 13.0. The molecule has 2 nitrogen and oxygen atoms in total. The van der Waals surface area contributed by atoms with E-state index < -0.39 is 0 Å². The second-order valence-corrected chi connectivity index (χ2v) is 4.12. The van der Waals surface area contributed by atoms with Crippen molar-refractivity contribution in [1.82, 2.24) is 0 Å². The standard InChI is InChI=1S/C13H18O2S/c1-3-5-6-7-15-12-8-10(4-2)11(14)9-13(12)16/h4,8-9,14,16H,2-3,5-7H2,1H3.